The molecule has 1 saturated heterocycles. The van der Waals surface area contributed by atoms with Crippen LogP contribution in [0.3, 0.4) is 0 Å². The van der Waals surface area contributed by atoms with Crippen molar-refractivity contribution in [3.8, 4) is 5.88 Å². The Bertz CT molecular complexity index is 1390. The van der Waals surface area contributed by atoms with Crippen molar-refractivity contribution in [2.75, 3.05) is 32.1 Å². The number of nitrogens with one attached hydrogen (secondary N) is 2. The number of hydrogen-bond acceptors (Lipinski definition) is 6. The van der Waals surface area contributed by atoms with Crippen molar-refractivity contribution in [1.82, 2.24) is 14.9 Å². The number of aromatic nitrogens is 2. The number of anilines is 1. The summed E-state index contributed by atoms with van der Waals surface area (Å²) < 4.78 is 42.4. The van der Waals surface area contributed by atoms with Crippen molar-refractivity contribution in [3.63, 3.8) is 0 Å². The summed E-state index contributed by atoms with van der Waals surface area (Å²) in [5.41, 5.74) is 10.2. The number of pyridine rings is 2. The first-order valence-electron chi connectivity index (χ1n) is 13.2. The van der Waals surface area contributed by atoms with Gasteiger partial charge in [-0.15, -0.1) is 0 Å². The fourth-order valence-corrected chi connectivity index (χ4v) is 4.92. The van der Waals surface area contributed by atoms with Crippen LogP contribution >= 0.6 is 0 Å². The molecule has 40 heavy (non-hydrogen) atoms. The highest BCUT2D eigenvalue weighted by molar-refractivity contribution is 5.85. The first-order chi connectivity index (χ1) is 19.1. The van der Waals surface area contributed by atoms with Gasteiger partial charge in [0.1, 0.15) is 0 Å². The Labute approximate surface area is 231 Å². The molecular weight excluding hydrogens is 519 g/mol. The van der Waals surface area contributed by atoms with E-state index < -0.39 is 12.6 Å². The van der Waals surface area contributed by atoms with E-state index in [4.69, 9.17) is 10.5 Å². The minimum Gasteiger partial charge on any atom is -0.481 e. The van der Waals surface area contributed by atoms with E-state index >= 15 is 0 Å². The van der Waals surface area contributed by atoms with Gasteiger partial charge in [-0.2, -0.15) is 13.2 Å². The number of halogens is 3. The SMILES string of the molecule is C=C(Nc1ccc(C2CCN(CCCC(F)(F)F)CC2)cc1)c1c(/C=C(\N)c2cccc(OC)n2)cc[nH]c1=O. The molecule has 0 amide bonds. The number of alkyl halides is 3. The van der Waals surface area contributed by atoms with Gasteiger partial charge in [0.2, 0.25) is 5.88 Å². The highest BCUT2D eigenvalue weighted by Crippen LogP contribution is 2.30. The lowest BCUT2D eigenvalue weighted by atomic mass is 9.89. The number of nitrogens with zero attached hydrogens (tertiary/aromatic N) is 2. The van der Waals surface area contributed by atoms with Gasteiger partial charge in [0.15, 0.2) is 0 Å². The zero-order valence-electron chi connectivity index (χ0n) is 22.4. The van der Waals surface area contributed by atoms with Gasteiger partial charge in [-0.05, 0) is 86.3 Å². The molecule has 212 valence electrons. The van der Waals surface area contributed by atoms with Gasteiger partial charge < -0.3 is 25.7 Å². The molecule has 7 nitrogen and oxygen atoms in total. The highest BCUT2D eigenvalue weighted by atomic mass is 19.4. The van der Waals surface area contributed by atoms with Crippen LogP contribution in [-0.2, 0) is 0 Å². The third kappa shape index (κ3) is 7.75. The lowest BCUT2D eigenvalue weighted by Crippen LogP contribution is -2.34. The summed E-state index contributed by atoms with van der Waals surface area (Å²) in [7, 11) is 1.53. The zero-order valence-corrected chi connectivity index (χ0v) is 22.4. The van der Waals surface area contributed by atoms with Crippen molar-refractivity contribution < 1.29 is 17.9 Å². The van der Waals surface area contributed by atoms with Gasteiger partial charge in [0.05, 0.1) is 24.1 Å². The molecule has 10 heteroatoms. The van der Waals surface area contributed by atoms with Crippen LogP contribution in [0.1, 0.15) is 54.0 Å². The van der Waals surface area contributed by atoms with E-state index in [0.717, 1.165) is 31.6 Å². The Kier molecular flexibility index (Phi) is 9.31. The summed E-state index contributed by atoms with van der Waals surface area (Å²) in [5.74, 6) is 0.791. The number of H-pyrrole nitrogens is 1. The average molecular weight is 554 g/mol. The van der Waals surface area contributed by atoms with Crippen molar-refractivity contribution in [1.29, 1.82) is 0 Å². The molecule has 0 spiro atoms. The minimum absolute atomic E-state index is 0.144. The standard InChI is InChI=1S/C30H34F3N5O2/c1-20(28-23(11-15-35-29(28)39)19-25(34)26-5-3-6-27(37-26)40-2)36-24-9-7-21(8-10-24)22-12-17-38(18-13-22)16-4-14-30(31,32)33/h3,5-11,15,19,22,36H,1,4,12-14,16-18,34H2,2H3,(H,35,39)/b25-19-. The van der Waals surface area contributed by atoms with Crippen LogP contribution in [0.2, 0.25) is 0 Å². The van der Waals surface area contributed by atoms with Crippen molar-refractivity contribution in [2.45, 2.75) is 37.8 Å². The fraction of sp³-hybridized carbons (Fsp3) is 0.333. The molecule has 2 aromatic heterocycles. The summed E-state index contributed by atoms with van der Waals surface area (Å²) >= 11 is 0. The van der Waals surface area contributed by atoms with Crippen LogP contribution < -0.4 is 21.3 Å². The molecule has 0 unspecified atom stereocenters. The first kappa shape index (κ1) is 28.9. The molecular formula is C30H34F3N5O2. The van der Waals surface area contributed by atoms with Gasteiger partial charge in [0, 0.05) is 30.1 Å². The van der Waals surface area contributed by atoms with E-state index in [2.05, 4.69) is 26.8 Å². The van der Waals surface area contributed by atoms with Crippen LogP contribution in [0.25, 0.3) is 17.5 Å². The summed E-state index contributed by atoms with van der Waals surface area (Å²) in [6, 6.07) is 15.0. The molecule has 0 saturated carbocycles. The molecule has 4 rings (SSSR count). The van der Waals surface area contributed by atoms with Crippen LogP contribution in [0.4, 0.5) is 18.9 Å². The number of ether oxygens (including phenoxy) is 1. The number of rotatable bonds is 10. The van der Waals surface area contributed by atoms with Gasteiger partial charge in [-0.1, -0.05) is 24.8 Å². The fourth-order valence-electron chi connectivity index (χ4n) is 4.92. The summed E-state index contributed by atoms with van der Waals surface area (Å²) in [4.78, 5) is 21.9. The second-order valence-corrected chi connectivity index (χ2v) is 9.86. The molecule has 0 radical (unpaired) electrons. The van der Waals surface area contributed by atoms with E-state index in [1.54, 1.807) is 36.5 Å². The van der Waals surface area contributed by atoms with E-state index in [0.29, 0.717) is 46.6 Å². The molecule has 0 aliphatic carbocycles. The number of aromatic amines is 1. The number of likely N-dealkylation sites (tertiary alicyclic amines) is 1. The predicted octanol–water partition coefficient (Wildman–Crippen LogP) is 5.84. The number of piperidine rings is 1. The van der Waals surface area contributed by atoms with Crippen LogP contribution in [-0.4, -0.2) is 47.8 Å². The Morgan fingerprint density at radius 2 is 1.93 bits per heavy atom. The van der Waals surface area contributed by atoms with Gasteiger partial charge in [-0.25, -0.2) is 4.98 Å². The first-order valence-corrected chi connectivity index (χ1v) is 13.2. The normalized spacial score (nSPS) is 15.2. The second kappa shape index (κ2) is 12.9. The molecule has 0 atom stereocenters. The third-order valence-corrected chi connectivity index (χ3v) is 7.03. The molecule has 3 aromatic rings. The Morgan fingerprint density at radius 3 is 2.60 bits per heavy atom. The monoisotopic (exact) mass is 553 g/mol. The maximum atomic E-state index is 12.8. The molecule has 1 aliphatic rings. The second-order valence-electron chi connectivity index (χ2n) is 9.86. The largest absolute Gasteiger partial charge is 0.481 e. The van der Waals surface area contributed by atoms with Crippen molar-refractivity contribution in [3.05, 3.63) is 94.0 Å². The summed E-state index contributed by atoms with van der Waals surface area (Å²) in [6.45, 7) is 6.16. The Morgan fingerprint density at radius 1 is 1.20 bits per heavy atom. The molecule has 1 aromatic carbocycles. The van der Waals surface area contributed by atoms with Crippen molar-refractivity contribution >= 4 is 23.2 Å². The van der Waals surface area contributed by atoms with Gasteiger partial charge in [0.25, 0.3) is 5.56 Å². The van der Waals surface area contributed by atoms with E-state index in [-0.39, 0.29) is 12.0 Å². The summed E-state index contributed by atoms with van der Waals surface area (Å²) in [5, 5.41) is 3.22. The lowest BCUT2D eigenvalue weighted by molar-refractivity contribution is -0.136. The van der Waals surface area contributed by atoms with Crippen molar-refractivity contribution in [2.24, 2.45) is 5.73 Å². The highest BCUT2D eigenvalue weighted by Gasteiger charge is 2.27. The minimum atomic E-state index is -4.09. The smallest absolute Gasteiger partial charge is 0.389 e. The van der Waals surface area contributed by atoms with E-state index in [9.17, 15) is 18.0 Å². The van der Waals surface area contributed by atoms with E-state index in [1.165, 1.54) is 12.7 Å². The molecule has 1 fully saturated rings. The van der Waals surface area contributed by atoms with Gasteiger partial charge in [-0.3, -0.25) is 4.79 Å². The number of nitrogens with two attached hydrogens (primary N) is 1. The topological polar surface area (TPSA) is 96.3 Å². The molecule has 0 bridgehead atoms. The Balaban J connectivity index is 1.39. The molecule has 3 heterocycles. The quantitative estimate of drug-likeness (QED) is 0.292. The lowest BCUT2D eigenvalue weighted by Gasteiger charge is -2.32. The Hall–Kier alpha value is -4.05. The van der Waals surface area contributed by atoms with Crippen LogP contribution in [0, 0.1) is 0 Å². The summed E-state index contributed by atoms with van der Waals surface area (Å²) in [6.07, 6.45) is 0.365. The average Bonchev–Trinajstić information content (AvgIpc) is 2.93. The van der Waals surface area contributed by atoms with Crippen LogP contribution in [0.5, 0.6) is 5.88 Å². The van der Waals surface area contributed by atoms with E-state index in [1.807, 2.05) is 24.3 Å². The number of hydrogen-bond donors (Lipinski definition) is 3. The zero-order chi connectivity index (χ0) is 28.7. The maximum Gasteiger partial charge on any atom is 0.389 e. The number of methoxy groups -OCH3 is 1. The van der Waals surface area contributed by atoms with Crippen LogP contribution in [0.15, 0.2) is 66.1 Å². The molecule has 1 aliphatic heterocycles. The third-order valence-electron chi connectivity index (χ3n) is 7.03. The predicted molar refractivity (Wildman–Crippen MR) is 153 cm³/mol. The van der Waals surface area contributed by atoms with Gasteiger partial charge >= 0.3 is 6.18 Å². The maximum absolute atomic E-state index is 12.8. The number of benzene rings is 1. The molecule has 4 N–H and O–H groups in total.